The van der Waals surface area contributed by atoms with E-state index in [0.29, 0.717) is 33.8 Å². The van der Waals surface area contributed by atoms with Crippen LogP contribution in [0, 0.1) is 34.5 Å². The molecular weight excluding hydrogens is 536 g/mol. The molecule has 42 heavy (non-hydrogen) atoms. The van der Waals surface area contributed by atoms with Crippen molar-refractivity contribution in [2.45, 2.75) is 83.0 Å². The van der Waals surface area contributed by atoms with Gasteiger partial charge in [-0.2, -0.15) is 0 Å². The molecule has 0 aromatic carbocycles. The van der Waals surface area contributed by atoms with Gasteiger partial charge >= 0.3 is 17.9 Å². The van der Waals surface area contributed by atoms with Crippen LogP contribution >= 0.6 is 0 Å². The molecule has 1 heterocycles. The number of ether oxygens (including phenoxy) is 3. The van der Waals surface area contributed by atoms with Gasteiger partial charge in [-0.15, -0.1) is 0 Å². The minimum atomic E-state index is -1.02. The number of quaternary nitrogens is 2. The number of carbonyl (C=O) groups excluding carboxylic acids is 3. The number of likely N-dealkylation sites (N-methyl/N-ethyl adjacent to an activating group) is 2. The first-order valence-corrected chi connectivity index (χ1v) is 15.9. The number of cyclic esters (lactones) is 1. The molecule has 0 saturated heterocycles. The minimum absolute atomic E-state index is 0.0386. The van der Waals surface area contributed by atoms with Gasteiger partial charge in [-0.1, -0.05) is 13.8 Å². The van der Waals surface area contributed by atoms with Gasteiger partial charge in [0.05, 0.1) is 47.9 Å². The molecule has 0 amide bonds. The zero-order chi connectivity index (χ0) is 30.9. The van der Waals surface area contributed by atoms with E-state index in [2.05, 4.69) is 13.8 Å². The maximum absolute atomic E-state index is 13.1. The lowest BCUT2D eigenvalue weighted by Gasteiger charge is -2.63. The van der Waals surface area contributed by atoms with E-state index in [1.165, 1.54) is 0 Å². The van der Waals surface area contributed by atoms with Gasteiger partial charge in [0.25, 0.3) is 0 Å². The van der Waals surface area contributed by atoms with Crippen molar-refractivity contribution < 1.29 is 42.7 Å². The van der Waals surface area contributed by atoms with Crippen molar-refractivity contribution in [1.29, 1.82) is 0 Å². The minimum Gasteiger partial charge on any atom is -0.458 e. The van der Waals surface area contributed by atoms with Crippen LogP contribution in [0.2, 0.25) is 0 Å². The van der Waals surface area contributed by atoms with Gasteiger partial charge in [-0.05, 0) is 73.7 Å². The topological polar surface area (TPSA) is 99.1 Å². The van der Waals surface area contributed by atoms with E-state index < -0.39 is 17.1 Å². The molecule has 1 N–H and O–H groups in total. The Labute approximate surface area is 251 Å². The van der Waals surface area contributed by atoms with Crippen LogP contribution in [0.3, 0.4) is 0 Å². The molecule has 0 aromatic rings. The highest BCUT2D eigenvalue weighted by atomic mass is 16.6. The zero-order valence-corrected chi connectivity index (χ0v) is 27.1. The van der Waals surface area contributed by atoms with Crippen LogP contribution in [0.4, 0.5) is 0 Å². The fraction of sp³-hybridized carbons (Fsp3) is 0.848. The molecule has 4 saturated carbocycles. The van der Waals surface area contributed by atoms with E-state index in [4.69, 9.17) is 14.2 Å². The number of esters is 3. The quantitative estimate of drug-likeness (QED) is 0.276. The van der Waals surface area contributed by atoms with E-state index >= 15 is 0 Å². The number of aliphatic hydroxyl groups is 1. The molecule has 4 fully saturated rings. The molecule has 5 aliphatic rings. The predicted octanol–water partition coefficient (Wildman–Crippen LogP) is 3.09. The monoisotopic (exact) mass is 590 g/mol. The number of carbonyl (C=O) groups is 3. The first-order valence-electron chi connectivity index (χ1n) is 15.9. The SMILES string of the molecule is C[C@]12CC[C@H](OC(=O)C[N+](C)(C)C)C[C@H]1CC[C@@H]1[C@@H]2CC[C@@]2(C)[C@@H](C3=CC(=O)OC3)[C@H](OC(=O)C[N+](C)(C)C)C[C@]12O. The molecule has 4 aliphatic carbocycles. The highest BCUT2D eigenvalue weighted by molar-refractivity contribution is 5.85. The highest BCUT2D eigenvalue weighted by Gasteiger charge is 2.71. The van der Waals surface area contributed by atoms with Crippen molar-refractivity contribution in [1.82, 2.24) is 0 Å². The average Bonchev–Trinajstić information content (AvgIpc) is 3.34. The molecule has 0 radical (unpaired) electrons. The van der Waals surface area contributed by atoms with Crippen LogP contribution in [0.5, 0.6) is 0 Å². The average molecular weight is 591 g/mol. The molecule has 1 aliphatic heterocycles. The number of fused-ring (bicyclic) bond motifs is 5. The van der Waals surface area contributed by atoms with Crippen LogP contribution in [-0.4, -0.2) is 112 Å². The van der Waals surface area contributed by atoms with E-state index in [9.17, 15) is 19.5 Å². The molecule has 5 rings (SSSR count). The van der Waals surface area contributed by atoms with Crippen molar-refractivity contribution in [3.63, 3.8) is 0 Å². The fourth-order valence-corrected chi connectivity index (χ4v) is 9.84. The van der Waals surface area contributed by atoms with E-state index in [1.807, 2.05) is 42.3 Å². The van der Waals surface area contributed by atoms with Gasteiger partial charge in [-0.25, -0.2) is 14.4 Å². The first-order chi connectivity index (χ1) is 19.3. The Hall–Kier alpha value is -1.97. The number of rotatable bonds is 7. The Morgan fingerprint density at radius 1 is 0.929 bits per heavy atom. The molecule has 0 aromatic heterocycles. The largest absolute Gasteiger partial charge is 0.458 e. The summed E-state index contributed by atoms with van der Waals surface area (Å²) in [5.74, 6) is -0.152. The Kier molecular flexibility index (Phi) is 7.93. The fourth-order valence-electron chi connectivity index (χ4n) is 9.84. The molecule has 0 spiro atoms. The van der Waals surface area contributed by atoms with Crippen molar-refractivity contribution in [2.24, 2.45) is 34.5 Å². The maximum atomic E-state index is 13.1. The zero-order valence-electron chi connectivity index (χ0n) is 27.1. The Balaban J connectivity index is 1.37. The summed E-state index contributed by atoms with van der Waals surface area (Å²) in [5, 5.41) is 12.8. The van der Waals surface area contributed by atoms with Crippen LogP contribution in [0.25, 0.3) is 0 Å². The van der Waals surface area contributed by atoms with Gasteiger partial charge in [0, 0.05) is 23.8 Å². The third-order valence-corrected chi connectivity index (χ3v) is 11.7. The van der Waals surface area contributed by atoms with E-state index in [-0.39, 0.29) is 54.4 Å². The summed E-state index contributed by atoms with van der Waals surface area (Å²) < 4.78 is 18.5. The van der Waals surface area contributed by atoms with Crippen molar-refractivity contribution >= 4 is 17.9 Å². The Bertz CT molecular complexity index is 1140. The van der Waals surface area contributed by atoms with E-state index in [1.54, 1.807) is 6.08 Å². The third-order valence-electron chi connectivity index (χ3n) is 11.7. The van der Waals surface area contributed by atoms with Crippen molar-refractivity contribution in [2.75, 3.05) is 62.0 Å². The van der Waals surface area contributed by atoms with Crippen LogP contribution in [0.15, 0.2) is 11.6 Å². The number of hydrogen-bond donors (Lipinski definition) is 1. The predicted molar refractivity (Wildman–Crippen MR) is 157 cm³/mol. The highest BCUT2D eigenvalue weighted by Crippen LogP contribution is 2.70. The van der Waals surface area contributed by atoms with Crippen molar-refractivity contribution in [3.05, 3.63) is 11.6 Å². The summed E-state index contributed by atoms with van der Waals surface area (Å²) >= 11 is 0. The Morgan fingerprint density at radius 2 is 1.57 bits per heavy atom. The smallest absolute Gasteiger partial charge is 0.362 e. The lowest BCUT2D eigenvalue weighted by atomic mass is 9.43. The van der Waals surface area contributed by atoms with Gasteiger partial charge in [0.2, 0.25) is 0 Å². The second-order valence-electron chi connectivity index (χ2n) is 16.7. The van der Waals surface area contributed by atoms with Crippen LogP contribution in [0.1, 0.15) is 65.2 Å². The van der Waals surface area contributed by atoms with Gasteiger partial charge in [-0.3, -0.25) is 0 Å². The van der Waals surface area contributed by atoms with Crippen molar-refractivity contribution in [3.8, 4) is 0 Å². The lowest BCUT2D eigenvalue weighted by Crippen LogP contribution is -2.62. The summed E-state index contributed by atoms with van der Waals surface area (Å²) in [6.07, 6.45) is 7.81. The second-order valence-corrected chi connectivity index (χ2v) is 16.7. The third kappa shape index (κ3) is 5.65. The summed E-state index contributed by atoms with van der Waals surface area (Å²) in [6.45, 7) is 5.36. The summed E-state index contributed by atoms with van der Waals surface area (Å²) in [5.41, 5.74) is -0.647. The molecule has 0 bridgehead atoms. The molecular formula is C33H54N2O7+2. The standard InChI is InChI=1S/C33H54N2O7/c1-31-13-11-23(41-28(37)18-34(3,4)5)16-22(31)9-10-25-24(31)12-14-32(2)30(21-15-27(36)40-20-21)26(17-33(25,32)39)42-29(38)19-35(6,7)8/h15,22-26,30,39H,9-14,16-20H2,1-8H3/q+2/t22-,23+,24+,25-,26-,30+,31+,32+,33+/m1/s1. The molecule has 9 atom stereocenters. The molecule has 0 unspecified atom stereocenters. The molecule has 236 valence electrons. The summed E-state index contributed by atoms with van der Waals surface area (Å²) in [6, 6.07) is 0. The molecule has 9 heteroatoms. The lowest BCUT2D eigenvalue weighted by molar-refractivity contribution is -0.862. The van der Waals surface area contributed by atoms with E-state index in [0.717, 1.165) is 50.5 Å². The first kappa shape index (κ1) is 31.5. The van der Waals surface area contributed by atoms with Gasteiger partial charge in [0.15, 0.2) is 13.1 Å². The van der Waals surface area contributed by atoms with Gasteiger partial charge in [0.1, 0.15) is 18.8 Å². The number of hydrogen-bond acceptors (Lipinski definition) is 7. The Morgan fingerprint density at radius 3 is 2.17 bits per heavy atom. The second kappa shape index (κ2) is 10.6. The number of nitrogens with zero attached hydrogens (tertiary/aromatic N) is 2. The van der Waals surface area contributed by atoms with Gasteiger partial charge < -0.3 is 28.3 Å². The summed E-state index contributed by atoms with van der Waals surface area (Å²) in [7, 11) is 11.9. The normalized spacial score (nSPS) is 41.6. The van der Waals surface area contributed by atoms with Crippen LogP contribution < -0.4 is 0 Å². The summed E-state index contributed by atoms with van der Waals surface area (Å²) in [4.78, 5) is 37.8. The van der Waals surface area contributed by atoms with Crippen LogP contribution in [-0.2, 0) is 28.6 Å². The molecule has 9 nitrogen and oxygen atoms in total. The maximum Gasteiger partial charge on any atom is 0.362 e.